The van der Waals surface area contributed by atoms with Crippen LogP contribution in [0.2, 0.25) is 0 Å². The second kappa shape index (κ2) is 35.5. The van der Waals surface area contributed by atoms with E-state index in [9.17, 15) is 14.7 Å². The Hall–Kier alpha value is -1.92. The molecule has 1 N–H and O–H groups in total. The number of carbonyl (C=O) groups excluding carboxylic acids is 2. The monoisotopic (exact) mass is 703 g/mol. The molecule has 0 saturated carbocycles. The van der Waals surface area contributed by atoms with Crippen LogP contribution in [0.25, 0.3) is 0 Å². The van der Waals surface area contributed by atoms with Crippen LogP contribution >= 0.6 is 0 Å². The molecule has 6 heteroatoms. The SMILES string of the molecule is CCCCCCCCCCCCCCCCCCCCC(=O)OC[C@@H](O)COC(=O)CCC/C=C\C/C=C\C/C=C\CC1OC1CCCCC. The van der Waals surface area contributed by atoms with E-state index in [-0.39, 0.29) is 25.2 Å². The second-order valence-corrected chi connectivity index (χ2v) is 14.5. The average Bonchev–Trinajstić information content (AvgIpc) is 3.87. The van der Waals surface area contributed by atoms with Crippen LogP contribution in [0.4, 0.5) is 0 Å². The molecule has 290 valence electrons. The predicted octanol–water partition coefficient (Wildman–Crippen LogP) is 12.2. The number of allylic oxidation sites excluding steroid dienone is 5. The van der Waals surface area contributed by atoms with Crippen LogP contribution in [0.3, 0.4) is 0 Å². The van der Waals surface area contributed by atoms with Crippen molar-refractivity contribution in [1.82, 2.24) is 0 Å². The number of epoxide rings is 1. The number of ether oxygens (including phenoxy) is 3. The molecule has 0 aromatic rings. The molecule has 3 atom stereocenters. The third-order valence-corrected chi connectivity index (χ3v) is 9.55. The van der Waals surface area contributed by atoms with Gasteiger partial charge in [0.1, 0.15) is 19.3 Å². The van der Waals surface area contributed by atoms with Gasteiger partial charge in [-0.1, -0.05) is 179 Å². The summed E-state index contributed by atoms with van der Waals surface area (Å²) < 4.78 is 16.0. The lowest BCUT2D eigenvalue weighted by molar-refractivity contribution is -0.152. The highest BCUT2D eigenvalue weighted by molar-refractivity contribution is 5.69. The third-order valence-electron chi connectivity index (χ3n) is 9.55. The maximum atomic E-state index is 12.0. The zero-order valence-electron chi connectivity index (χ0n) is 32.6. The Morgan fingerprint density at radius 3 is 1.48 bits per heavy atom. The van der Waals surface area contributed by atoms with Crippen molar-refractivity contribution in [3.05, 3.63) is 36.5 Å². The summed E-state index contributed by atoms with van der Waals surface area (Å²) in [6, 6.07) is 0. The van der Waals surface area contributed by atoms with Gasteiger partial charge in [0.2, 0.25) is 0 Å². The number of hydrogen-bond acceptors (Lipinski definition) is 6. The van der Waals surface area contributed by atoms with Crippen LogP contribution in [0, 0.1) is 0 Å². The Bertz CT molecular complexity index is 865. The molecule has 1 aliphatic heterocycles. The molecule has 6 nitrogen and oxygen atoms in total. The summed E-state index contributed by atoms with van der Waals surface area (Å²) >= 11 is 0. The predicted molar refractivity (Wildman–Crippen MR) is 209 cm³/mol. The zero-order chi connectivity index (χ0) is 36.2. The summed E-state index contributed by atoms with van der Waals surface area (Å²) in [5, 5.41) is 10.0. The standard InChI is InChI=1S/C44H78O6/c1-3-5-7-8-9-10-11-12-13-14-15-16-17-18-22-25-28-32-36-43(46)48-38-40(45)39-49-44(47)37-33-29-26-23-20-19-21-24-27-31-35-42-41(50-42)34-30-6-4-2/h19,21,23,26-27,31,40-42,45H,3-18,20,22,24-25,28-30,32-39H2,1-2H3/b21-19-,26-23-,31-27-/t40-,41?,42?/m1/s1. The summed E-state index contributed by atoms with van der Waals surface area (Å²) in [6.07, 6.45) is 46.7. The number of rotatable bonds is 37. The number of carbonyl (C=O) groups is 2. The normalized spacial score (nSPS) is 16.5. The fourth-order valence-electron chi connectivity index (χ4n) is 6.23. The van der Waals surface area contributed by atoms with Gasteiger partial charge >= 0.3 is 11.9 Å². The van der Waals surface area contributed by atoms with Gasteiger partial charge in [-0.05, 0) is 44.9 Å². The van der Waals surface area contributed by atoms with E-state index in [1.807, 2.05) is 0 Å². The van der Waals surface area contributed by atoms with Crippen molar-refractivity contribution in [2.45, 2.75) is 218 Å². The lowest BCUT2D eigenvalue weighted by Gasteiger charge is -2.12. The number of aliphatic hydroxyl groups excluding tert-OH is 1. The summed E-state index contributed by atoms with van der Waals surface area (Å²) in [4.78, 5) is 24.0. The molecule has 0 amide bonds. The minimum atomic E-state index is -0.987. The molecule has 2 unspecified atom stereocenters. The van der Waals surface area contributed by atoms with E-state index in [1.54, 1.807) is 0 Å². The molecule has 50 heavy (non-hydrogen) atoms. The first-order chi connectivity index (χ1) is 24.6. The molecule has 0 radical (unpaired) electrons. The average molecular weight is 703 g/mol. The van der Waals surface area contributed by atoms with Gasteiger partial charge < -0.3 is 19.3 Å². The molecule has 0 aromatic heterocycles. The molecular formula is C44H78O6. The maximum absolute atomic E-state index is 12.0. The molecular weight excluding hydrogens is 624 g/mol. The van der Waals surface area contributed by atoms with Gasteiger partial charge in [-0.3, -0.25) is 9.59 Å². The quantitative estimate of drug-likeness (QED) is 0.0300. The maximum Gasteiger partial charge on any atom is 0.305 e. The van der Waals surface area contributed by atoms with Gasteiger partial charge in [0.15, 0.2) is 0 Å². The van der Waals surface area contributed by atoms with Gasteiger partial charge in [-0.25, -0.2) is 0 Å². The largest absolute Gasteiger partial charge is 0.463 e. The fraction of sp³-hybridized carbons (Fsp3) is 0.818. The van der Waals surface area contributed by atoms with Crippen LogP contribution in [0.1, 0.15) is 200 Å². The van der Waals surface area contributed by atoms with Crippen molar-refractivity contribution in [2.75, 3.05) is 13.2 Å². The minimum Gasteiger partial charge on any atom is -0.463 e. The number of esters is 2. The molecule has 1 heterocycles. The number of unbranched alkanes of at least 4 members (excludes halogenated alkanes) is 20. The van der Waals surface area contributed by atoms with Crippen LogP contribution in [-0.4, -0.2) is 48.6 Å². The molecule has 1 aliphatic rings. The van der Waals surface area contributed by atoms with Gasteiger partial charge in [0.05, 0.1) is 12.2 Å². The number of aliphatic hydroxyl groups is 1. The highest BCUT2D eigenvalue weighted by atomic mass is 16.6. The zero-order valence-corrected chi connectivity index (χ0v) is 32.6. The number of hydrogen-bond donors (Lipinski definition) is 1. The van der Waals surface area contributed by atoms with Crippen LogP contribution in [0.15, 0.2) is 36.5 Å². The third kappa shape index (κ3) is 32.0. The Labute approximate surface area is 308 Å². The van der Waals surface area contributed by atoms with E-state index in [1.165, 1.54) is 122 Å². The summed E-state index contributed by atoms with van der Waals surface area (Å²) in [5.41, 5.74) is 0. The Morgan fingerprint density at radius 2 is 0.960 bits per heavy atom. The lowest BCUT2D eigenvalue weighted by Crippen LogP contribution is -2.25. The van der Waals surface area contributed by atoms with Crippen molar-refractivity contribution in [3.63, 3.8) is 0 Å². The van der Waals surface area contributed by atoms with Gasteiger partial charge in [-0.2, -0.15) is 0 Å². The Balaban J connectivity index is 1.83. The van der Waals surface area contributed by atoms with Gasteiger partial charge in [0, 0.05) is 12.8 Å². The molecule has 1 rings (SSSR count). The first-order valence-electron chi connectivity index (χ1n) is 21.2. The highest BCUT2D eigenvalue weighted by Crippen LogP contribution is 2.30. The van der Waals surface area contributed by atoms with E-state index >= 15 is 0 Å². The fourth-order valence-corrected chi connectivity index (χ4v) is 6.23. The molecule has 0 aromatic carbocycles. The first kappa shape index (κ1) is 46.1. The molecule has 0 aliphatic carbocycles. The summed E-state index contributed by atoms with van der Waals surface area (Å²) in [5.74, 6) is -0.627. The van der Waals surface area contributed by atoms with Gasteiger partial charge in [0.25, 0.3) is 0 Å². The van der Waals surface area contributed by atoms with Crippen LogP contribution < -0.4 is 0 Å². The van der Waals surface area contributed by atoms with E-state index in [0.717, 1.165) is 44.9 Å². The molecule has 1 fully saturated rings. The Kier molecular flexibility index (Phi) is 32.7. The molecule has 1 saturated heterocycles. The Morgan fingerprint density at radius 1 is 0.540 bits per heavy atom. The van der Waals surface area contributed by atoms with E-state index < -0.39 is 6.10 Å². The van der Waals surface area contributed by atoms with Crippen molar-refractivity contribution >= 4 is 11.9 Å². The smallest absolute Gasteiger partial charge is 0.305 e. The first-order valence-corrected chi connectivity index (χ1v) is 21.2. The van der Waals surface area contributed by atoms with Crippen molar-refractivity contribution < 1.29 is 28.9 Å². The van der Waals surface area contributed by atoms with Crippen LogP contribution in [0.5, 0.6) is 0 Å². The molecule has 0 bridgehead atoms. The van der Waals surface area contributed by atoms with Crippen molar-refractivity contribution in [1.29, 1.82) is 0 Å². The van der Waals surface area contributed by atoms with Crippen LogP contribution in [-0.2, 0) is 23.8 Å². The summed E-state index contributed by atoms with van der Waals surface area (Å²) in [7, 11) is 0. The highest BCUT2D eigenvalue weighted by Gasteiger charge is 2.36. The van der Waals surface area contributed by atoms with Gasteiger partial charge in [-0.15, -0.1) is 0 Å². The summed E-state index contributed by atoms with van der Waals surface area (Å²) in [6.45, 7) is 4.23. The lowest BCUT2D eigenvalue weighted by atomic mass is 10.0. The van der Waals surface area contributed by atoms with E-state index in [4.69, 9.17) is 14.2 Å². The van der Waals surface area contributed by atoms with Crippen molar-refractivity contribution in [2.24, 2.45) is 0 Å². The topological polar surface area (TPSA) is 85.4 Å². The second-order valence-electron chi connectivity index (χ2n) is 14.5. The minimum absolute atomic E-state index is 0.133. The van der Waals surface area contributed by atoms with E-state index in [2.05, 4.69) is 50.3 Å². The van der Waals surface area contributed by atoms with E-state index in [0.29, 0.717) is 31.5 Å². The molecule has 0 spiro atoms. The van der Waals surface area contributed by atoms with Crippen molar-refractivity contribution in [3.8, 4) is 0 Å².